The zero-order chi connectivity index (χ0) is 18.6. The van der Waals surface area contributed by atoms with Crippen LogP contribution in [0.3, 0.4) is 0 Å². The standard InChI is InChI=1S/C16H14F3N3O3S/c17-16(18,19)10-22(9-11-3-1-7-24-11)14(23)6-5-13-20-15(21-25-13)12-4-2-8-26-12/h1-4,7-8H,5-6,9-10H2. The molecule has 0 bridgehead atoms. The Bertz CT molecular complexity index is 829. The molecule has 0 N–H and O–H groups in total. The fraction of sp³-hybridized carbons (Fsp3) is 0.312. The summed E-state index contributed by atoms with van der Waals surface area (Å²) in [6, 6.07) is 6.72. The summed E-state index contributed by atoms with van der Waals surface area (Å²) in [4.78, 5) is 17.9. The van der Waals surface area contributed by atoms with Crippen molar-refractivity contribution < 1.29 is 26.9 Å². The van der Waals surface area contributed by atoms with Crippen LogP contribution in [0, 0.1) is 0 Å². The van der Waals surface area contributed by atoms with Gasteiger partial charge in [0.2, 0.25) is 17.6 Å². The zero-order valence-electron chi connectivity index (χ0n) is 13.4. The molecule has 0 atom stereocenters. The minimum atomic E-state index is -4.50. The van der Waals surface area contributed by atoms with Gasteiger partial charge >= 0.3 is 6.18 Å². The van der Waals surface area contributed by atoms with E-state index in [1.54, 1.807) is 6.07 Å². The molecule has 3 rings (SSSR count). The number of aryl methyl sites for hydroxylation is 1. The molecule has 3 aromatic rings. The SMILES string of the molecule is O=C(CCc1nc(-c2cccs2)no1)N(Cc1ccco1)CC(F)(F)F. The number of carbonyl (C=O) groups excluding carboxylic acids is 1. The second kappa shape index (κ2) is 7.73. The van der Waals surface area contributed by atoms with Crippen molar-refractivity contribution in [1.29, 1.82) is 0 Å². The smallest absolute Gasteiger partial charge is 0.406 e. The van der Waals surface area contributed by atoms with Crippen LogP contribution in [0.15, 0.2) is 44.8 Å². The maximum absolute atomic E-state index is 12.8. The number of furan rings is 1. The molecule has 138 valence electrons. The van der Waals surface area contributed by atoms with Crippen LogP contribution < -0.4 is 0 Å². The highest BCUT2D eigenvalue weighted by atomic mass is 32.1. The predicted octanol–water partition coefficient (Wildman–Crippen LogP) is 3.91. The fourth-order valence-electron chi connectivity index (χ4n) is 2.27. The van der Waals surface area contributed by atoms with Gasteiger partial charge in [0.05, 0.1) is 17.7 Å². The molecule has 0 saturated carbocycles. The minimum absolute atomic E-state index is 0.0592. The summed E-state index contributed by atoms with van der Waals surface area (Å²) in [6.45, 7) is -1.60. The number of amides is 1. The average Bonchev–Trinajstić information content (AvgIpc) is 3.31. The molecule has 10 heteroatoms. The number of aromatic nitrogens is 2. The van der Waals surface area contributed by atoms with Gasteiger partial charge in [-0.2, -0.15) is 18.2 Å². The Kier molecular flexibility index (Phi) is 5.40. The summed E-state index contributed by atoms with van der Waals surface area (Å²) in [6.07, 6.45) is -3.28. The number of thiophene rings is 1. The summed E-state index contributed by atoms with van der Waals surface area (Å²) in [5.41, 5.74) is 0. The Morgan fingerprint density at radius 3 is 2.77 bits per heavy atom. The predicted molar refractivity (Wildman–Crippen MR) is 86.1 cm³/mol. The molecule has 0 aliphatic heterocycles. The van der Waals surface area contributed by atoms with E-state index >= 15 is 0 Å². The third-order valence-corrected chi connectivity index (χ3v) is 4.28. The molecule has 1 amide bonds. The van der Waals surface area contributed by atoms with E-state index in [1.165, 1.54) is 23.7 Å². The Morgan fingerprint density at radius 1 is 1.27 bits per heavy atom. The molecule has 6 nitrogen and oxygen atoms in total. The summed E-state index contributed by atoms with van der Waals surface area (Å²) in [7, 11) is 0. The van der Waals surface area contributed by atoms with Crippen molar-refractivity contribution in [3.8, 4) is 10.7 Å². The van der Waals surface area contributed by atoms with E-state index in [-0.39, 0.29) is 31.0 Å². The van der Waals surface area contributed by atoms with Crippen LogP contribution in [0.2, 0.25) is 0 Å². The van der Waals surface area contributed by atoms with Gasteiger partial charge in [-0.3, -0.25) is 4.79 Å². The largest absolute Gasteiger partial charge is 0.467 e. The number of alkyl halides is 3. The van der Waals surface area contributed by atoms with Gasteiger partial charge in [0.25, 0.3) is 0 Å². The molecule has 0 unspecified atom stereocenters. The van der Waals surface area contributed by atoms with Crippen molar-refractivity contribution in [2.75, 3.05) is 6.54 Å². The lowest BCUT2D eigenvalue weighted by Crippen LogP contribution is -2.38. The first kappa shape index (κ1) is 18.2. The van der Waals surface area contributed by atoms with Crippen LogP contribution >= 0.6 is 11.3 Å². The second-order valence-corrected chi connectivity index (χ2v) is 6.38. The monoisotopic (exact) mass is 385 g/mol. The molecule has 0 aliphatic rings. The maximum Gasteiger partial charge on any atom is 0.406 e. The normalized spacial score (nSPS) is 11.7. The van der Waals surface area contributed by atoms with Crippen molar-refractivity contribution in [2.24, 2.45) is 0 Å². The van der Waals surface area contributed by atoms with Crippen LogP contribution in [-0.4, -0.2) is 33.7 Å². The number of hydrogen-bond acceptors (Lipinski definition) is 6. The lowest BCUT2D eigenvalue weighted by molar-refractivity contribution is -0.162. The van der Waals surface area contributed by atoms with Crippen LogP contribution in [0.5, 0.6) is 0 Å². The van der Waals surface area contributed by atoms with Crippen LogP contribution in [0.25, 0.3) is 10.7 Å². The minimum Gasteiger partial charge on any atom is -0.467 e. The Hall–Kier alpha value is -2.62. The molecule has 3 heterocycles. The highest BCUT2D eigenvalue weighted by Crippen LogP contribution is 2.22. The molecule has 0 spiro atoms. The van der Waals surface area contributed by atoms with Crippen molar-refractivity contribution in [1.82, 2.24) is 15.0 Å². The Labute approximate surface area is 150 Å². The molecule has 0 saturated heterocycles. The Morgan fingerprint density at radius 2 is 2.12 bits per heavy atom. The number of hydrogen-bond donors (Lipinski definition) is 0. The fourth-order valence-corrected chi connectivity index (χ4v) is 2.92. The summed E-state index contributed by atoms with van der Waals surface area (Å²) in [5, 5.41) is 5.67. The van der Waals surface area contributed by atoms with Crippen molar-refractivity contribution in [3.05, 3.63) is 47.6 Å². The van der Waals surface area contributed by atoms with E-state index < -0.39 is 18.6 Å². The van der Waals surface area contributed by atoms with Gasteiger partial charge in [0, 0.05) is 12.8 Å². The van der Waals surface area contributed by atoms with Gasteiger partial charge in [-0.1, -0.05) is 11.2 Å². The molecule has 26 heavy (non-hydrogen) atoms. The molecule has 0 fully saturated rings. The molecule has 3 aromatic heterocycles. The van der Waals surface area contributed by atoms with Crippen molar-refractivity contribution in [2.45, 2.75) is 25.6 Å². The van der Waals surface area contributed by atoms with Crippen molar-refractivity contribution >= 4 is 17.2 Å². The lowest BCUT2D eigenvalue weighted by atomic mass is 10.2. The van der Waals surface area contributed by atoms with E-state index in [2.05, 4.69) is 10.1 Å². The summed E-state index contributed by atoms with van der Waals surface area (Å²) in [5.74, 6) is 0.201. The number of nitrogens with zero attached hydrogens (tertiary/aromatic N) is 3. The van der Waals surface area contributed by atoms with Gasteiger partial charge in [-0.25, -0.2) is 0 Å². The van der Waals surface area contributed by atoms with Crippen LogP contribution in [0.4, 0.5) is 13.2 Å². The van der Waals surface area contributed by atoms with Gasteiger partial charge in [-0.05, 0) is 23.6 Å². The van der Waals surface area contributed by atoms with Crippen molar-refractivity contribution in [3.63, 3.8) is 0 Å². The van der Waals surface area contributed by atoms with Gasteiger partial charge in [0.15, 0.2) is 0 Å². The first-order valence-corrected chi connectivity index (χ1v) is 8.52. The summed E-state index contributed by atoms with van der Waals surface area (Å²) < 4.78 is 48.4. The molecule has 0 aliphatic carbocycles. The maximum atomic E-state index is 12.8. The van der Waals surface area contributed by atoms with E-state index in [0.717, 1.165) is 4.88 Å². The number of carbonyl (C=O) groups is 1. The molecule has 0 radical (unpaired) electrons. The first-order valence-electron chi connectivity index (χ1n) is 7.64. The van der Waals surface area contributed by atoms with E-state index in [9.17, 15) is 18.0 Å². The third-order valence-electron chi connectivity index (χ3n) is 3.41. The topological polar surface area (TPSA) is 72.4 Å². The molecular formula is C16H14F3N3O3S. The number of rotatable bonds is 7. The second-order valence-electron chi connectivity index (χ2n) is 5.43. The highest BCUT2D eigenvalue weighted by molar-refractivity contribution is 7.13. The van der Waals surface area contributed by atoms with Crippen LogP contribution in [-0.2, 0) is 17.8 Å². The quantitative estimate of drug-likeness (QED) is 0.617. The third kappa shape index (κ3) is 4.94. The van der Waals surface area contributed by atoms with Gasteiger partial charge < -0.3 is 13.8 Å². The molecule has 0 aromatic carbocycles. The zero-order valence-corrected chi connectivity index (χ0v) is 14.2. The van der Waals surface area contributed by atoms with E-state index in [4.69, 9.17) is 8.94 Å². The average molecular weight is 385 g/mol. The van der Waals surface area contributed by atoms with Gasteiger partial charge in [0.1, 0.15) is 12.3 Å². The van der Waals surface area contributed by atoms with E-state index in [1.807, 2.05) is 17.5 Å². The van der Waals surface area contributed by atoms with Gasteiger partial charge in [-0.15, -0.1) is 11.3 Å². The van der Waals surface area contributed by atoms with E-state index in [0.29, 0.717) is 10.7 Å². The Balaban J connectivity index is 1.61. The van der Waals surface area contributed by atoms with Crippen LogP contribution in [0.1, 0.15) is 18.1 Å². The highest BCUT2D eigenvalue weighted by Gasteiger charge is 2.33. The lowest BCUT2D eigenvalue weighted by Gasteiger charge is -2.22. The number of halogens is 3. The first-order chi connectivity index (χ1) is 12.4. The molecular weight excluding hydrogens is 371 g/mol. The summed E-state index contributed by atoms with van der Waals surface area (Å²) >= 11 is 1.43.